The Bertz CT molecular complexity index is 539. The fourth-order valence-electron chi connectivity index (χ4n) is 1.72. The summed E-state index contributed by atoms with van der Waals surface area (Å²) in [7, 11) is -4.68. The Labute approximate surface area is 111 Å². The standard InChI is InChI=1S/C13H17F3O2S/c1-4-13(2,3)9-7-5-6-8-10(9)19(17,18)12(16)11(14)15/h5-8,11-12H,4H2,1-3H3. The van der Waals surface area contributed by atoms with Crippen molar-refractivity contribution < 1.29 is 21.6 Å². The van der Waals surface area contributed by atoms with Gasteiger partial charge in [0.1, 0.15) is 0 Å². The fourth-order valence-corrected chi connectivity index (χ4v) is 3.15. The van der Waals surface area contributed by atoms with Gasteiger partial charge in [0.15, 0.2) is 0 Å². The maximum atomic E-state index is 13.3. The summed E-state index contributed by atoms with van der Waals surface area (Å²) in [4.78, 5) is -0.352. The molecule has 19 heavy (non-hydrogen) atoms. The zero-order chi connectivity index (χ0) is 14.8. The zero-order valence-corrected chi connectivity index (χ0v) is 11.8. The van der Waals surface area contributed by atoms with Crippen molar-refractivity contribution in [1.29, 1.82) is 0 Å². The number of sulfone groups is 1. The molecule has 0 spiro atoms. The van der Waals surface area contributed by atoms with Crippen LogP contribution >= 0.6 is 0 Å². The predicted molar refractivity (Wildman–Crippen MR) is 67.8 cm³/mol. The van der Waals surface area contributed by atoms with Gasteiger partial charge in [0.25, 0.3) is 11.9 Å². The van der Waals surface area contributed by atoms with E-state index in [1.807, 2.05) is 6.92 Å². The minimum absolute atomic E-state index is 0.352. The highest BCUT2D eigenvalue weighted by Gasteiger charge is 2.38. The van der Waals surface area contributed by atoms with Crippen molar-refractivity contribution >= 4 is 9.84 Å². The SMILES string of the molecule is CCC(C)(C)c1ccccc1S(=O)(=O)C(F)C(F)F. The van der Waals surface area contributed by atoms with E-state index >= 15 is 0 Å². The number of halogens is 3. The molecule has 6 heteroatoms. The molecule has 0 aromatic heterocycles. The van der Waals surface area contributed by atoms with Gasteiger partial charge in [-0.2, -0.15) is 0 Å². The first-order valence-electron chi connectivity index (χ1n) is 5.90. The molecule has 0 saturated carbocycles. The van der Waals surface area contributed by atoms with Crippen molar-refractivity contribution in [2.24, 2.45) is 0 Å². The summed E-state index contributed by atoms with van der Waals surface area (Å²) < 4.78 is 61.9. The average Bonchev–Trinajstić information content (AvgIpc) is 2.37. The number of alkyl halides is 3. The summed E-state index contributed by atoms with van der Waals surface area (Å²) in [6.45, 7) is 5.43. The third-order valence-electron chi connectivity index (χ3n) is 3.30. The van der Waals surface area contributed by atoms with Crippen molar-refractivity contribution in [2.45, 2.75) is 49.4 Å². The van der Waals surface area contributed by atoms with E-state index in [-0.39, 0.29) is 4.90 Å². The lowest BCUT2D eigenvalue weighted by Gasteiger charge is -2.26. The van der Waals surface area contributed by atoms with E-state index in [0.29, 0.717) is 12.0 Å². The molecule has 0 aliphatic rings. The highest BCUT2D eigenvalue weighted by molar-refractivity contribution is 7.92. The van der Waals surface area contributed by atoms with E-state index in [1.165, 1.54) is 18.2 Å². The zero-order valence-electron chi connectivity index (χ0n) is 11.0. The molecule has 0 aliphatic carbocycles. The predicted octanol–water partition coefficient (Wildman–Crippen LogP) is 3.71. The van der Waals surface area contributed by atoms with Gasteiger partial charge in [-0.05, 0) is 23.5 Å². The summed E-state index contributed by atoms with van der Waals surface area (Å²) in [5.74, 6) is 0. The Hall–Kier alpha value is -1.04. The normalized spacial score (nSPS) is 14.7. The van der Waals surface area contributed by atoms with Crippen LogP contribution in [-0.2, 0) is 15.3 Å². The fraction of sp³-hybridized carbons (Fsp3) is 0.538. The van der Waals surface area contributed by atoms with Crippen molar-refractivity contribution in [3.8, 4) is 0 Å². The van der Waals surface area contributed by atoms with E-state index < -0.39 is 27.2 Å². The number of benzene rings is 1. The highest BCUT2D eigenvalue weighted by atomic mass is 32.2. The van der Waals surface area contributed by atoms with Crippen molar-refractivity contribution in [1.82, 2.24) is 0 Å². The van der Waals surface area contributed by atoms with Gasteiger partial charge in [-0.25, -0.2) is 21.6 Å². The van der Waals surface area contributed by atoms with Crippen LogP contribution in [0.15, 0.2) is 29.2 Å². The molecule has 0 amide bonds. The largest absolute Gasteiger partial charge is 0.284 e. The molecule has 0 fully saturated rings. The number of rotatable bonds is 5. The maximum absolute atomic E-state index is 13.3. The van der Waals surface area contributed by atoms with Crippen molar-refractivity contribution in [3.05, 3.63) is 29.8 Å². The monoisotopic (exact) mass is 294 g/mol. The van der Waals surface area contributed by atoms with Crippen LogP contribution in [0.1, 0.15) is 32.8 Å². The Morgan fingerprint density at radius 1 is 1.16 bits per heavy atom. The van der Waals surface area contributed by atoms with Crippen molar-refractivity contribution in [2.75, 3.05) is 0 Å². The lowest BCUT2D eigenvalue weighted by atomic mass is 9.82. The first-order chi connectivity index (χ1) is 8.64. The molecule has 0 radical (unpaired) electrons. The third-order valence-corrected chi connectivity index (χ3v) is 5.07. The molecule has 1 unspecified atom stereocenters. The van der Waals surface area contributed by atoms with Gasteiger partial charge in [0, 0.05) is 0 Å². The van der Waals surface area contributed by atoms with Crippen LogP contribution in [0.4, 0.5) is 13.2 Å². The Morgan fingerprint density at radius 3 is 2.16 bits per heavy atom. The van der Waals surface area contributed by atoms with Gasteiger partial charge in [0.05, 0.1) is 4.90 Å². The van der Waals surface area contributed by atoms with E-state index in [9.17, 15) is 21.6 Å². The molecule has 1 aromatic carbocycles. The van der Waals surface area contributed by atoms with Crippen LogP contribution in [0.5, 0.6) is 0 Å². The highest BCUT2D eigenvalue weighted by Crippen LogP contribution is 2.34. The van der Waals surface area contributed by atoms with Crippen LogP contribution < -0.4 is 0 Å². The first-order valence-corrected chi connectivity index (χ1v) is 7.45. The summed E-state index contributed by atoms with van der Waals surface area (Å²) >= 11 is 0. The summed E-state index contributed by atoms with van der Waals surface area (Å²) in [5.41, 5.74) is -3.37. The van der Waals surface area contributed by atoms with Crippen LogP contribution in [-0.4, -0.2) is 20.3 Å². The molecule has 1 rings (SSSR count). The summed E-state index contributed by atoms with van der Waals surface area (Å²) in [6, 6.07) is 5.73. The Balaban J connectivity index is 3.45. The second-order valence-electron chi connectivity index (χ2n) is 4.96. The van der Waals surface area contributed by atoms with Gasteiger partial charge in [-0.1, -0.05) is 39.0 Å². The molecule has 0 aliphatic heterocycles. The molecule has 1 aromatic rings. The quantitative estimate of drug-likeness (QED) is 0.829. The second-order valence-corrected chi connectivity index (χ2v) is 6.94. The topological polar surface area (TPSA) is 34.1 Å². The van der Waals surface area contributed by atoms with E-state index in [4.69, 9.17) is 0 Å². The summed E-state index contributed by atoms with van der Waals surface area (Å²) in [6.07, 6.45) is -2.95. The van der Waals surface area contributed by atoms with Crippen LogP contribution in [0.3, 0.4) is 0 Å². The minimum Gasteiger partial charge on any atom is -0.223 e. The van der Waals surface area contributed by atoms with Crippen molar-refractivity contribution in [3.63, 3.8) is 0 Å². The molecular weight excluding hydrogens is 277 g/mol. The van der Waals surface area contributed by atoms with Gasteiger partial charge < -0.3 is 0 Å². The van der Waals surface area contributed by atoms with E-state index in [1.54, 1.807) is 19.9 Å². The smallest absolute Gasteiger partial charge is 0.223 e. The third kappa shape index (κ3) is 3.11. The Morgan fingerprint density at radius 2 is 1.68 bits per heavy atom. The molecular formula is C13H17F3O2S. The van der Waals surface area contributed by atoms with Gasteiger partial charge in [-0.3, -0.25) is 0 Å². The Kier molecular flexibility index (Phi) is 4.66. The minimum atomic E-state index is -4.68. The number of hydrogen-bond acceptors (Lipinski definition) is 2. The van der Waals surface area contributed by atoms with E-state index in [0.717, 1.165) is 0 Å². The maximum Gasteiger partial charge on any atom is 0.284 e. The first kappa shape index (κ1) is 16.0. The van der Waals surface area contributed by atoms with Crippen LogP contribution in [0.25, 0.3) is 0 Å². The molecule has 2 nitrogen and oxygen atoms in total. The lowest BCUT2D eigenvalue weighted by Crippen LogP contribution is -2.28. The van der Waals surface area contributed by atoms with Gasteiger partial charge in [-0.15, -0.1) is 0 Å². The molecule has 1 atom stereocenters. The average molecular weight is 294 g/mol. The van der Waals surface area contributed by atoms with Crippen LogP contribution in [0.2, 0.25) is 0 Å². The van der Waals surface area contributed by atoms with Gasteiger partial charge >= 0.3 is 0 Å². The lowest BCUT2D eigenvalue weighted by molar-refractivity contribution is 0.0901. The van der Waals surface area contributed by atoms with Gasteiger partial charge in [0.2, 0.25) is 9.84 Å². The molecule has 0 heterocycles. The molecule has 0 bridgehead atoms. The number of hydrogen-bond donors (Lipinski definition) is 0. The second kappa shape index (κ2) is 5.53. The van der Waals surface area contributed by atoms with Crippen LogP contribution in [0, 0.1) is 0 Å². The summed E-state index contributed by atoms with van der Waals surface area (Å²) in [5, 5.41) is 0. The molecule has 108 valence electrons. The molecule has 0 N–H and O–H groups in total. The molecule has 0 saturated heterocycles. The van der Waals surface area contributed by atoms with E-state index in [2.05, 4.69) is 0 Å².